The van der Waals surface area contributed by atoms with Crippen LogP contribution in [0.1, 0.15) is 57.9 Å². The molecule has 8 heteroatoms. The molecule has 2 N–H and O–H groups in total. The predicted molar refractivity (Wildman–Crippen MR) is 126 cm³/mol. The van der Waals surface area contributed by atoms with Gasteiger partial charge < -0.3 is 24.6 Å². The summed E-state index contributed by atoms with van der Waals surface area (Å²) >= 11 is 3.38. The van der Waals surface area contributed by atoms with Crippen LogP contribution in [0.15, 0.2) is 39.1 Å². The summed E-state index contributed by atoms with van der Waals surface area (Å²) in [6.45, 7) is 6.82. The van der Waals surface area contributed by atoms with Crippen molar-refractivity contribution in [3.05, 3.63) is 44.7 Å². The van der Waals surface area contributed by atoms with Crippen molar-refractivity contribution in [2.45, 2.75) is 58.5 Å². The van der Waals surface area contributed by atoms with Crippen LogP contribution in [0.5, 0.6) is 11.5 Å². The Morgan fingerprint density at radius 2 is 2.09 bits per heavy atom. The molecule has 2 atom stereocenters. The number of dihydropyridines is 1. The first kappa shape index (κ1) is 23.8. The van der Waals surface area contributed by atoms with Gasteiger partial charge in [-0.3, -0.25) is 4.79 Å². The SMILES string of the molecule is COc1cc([C@@H]2C(C(=O)OC[C@H]3CCCO3)=C(C)NC3=C2C(=O)CC(C)(C)C3)cc(Br)c1O. The number of phenols is 1. The minimum Gasteiger partial charge on any atom is -0.503 e. The van der Waals surface area contributed by atoms with Crippen molar-refractivity contribution in [3.8, 4) is 11.5 Å². The summed E-state index contributed by atoms with van der Waals surface area (Å²) in [7, 11) is 1.46. The minimum absolute atomic E-state index is 0.00107. The zero-order valence-corrected chi connectivity index (χ0v) is 21.0. The number of benzene rings is 1. The van der Waals surface area contributed by atoms with Crippen molar-refractivity contribution < 1.29 is 28.9 Å². The molecule has 178 valence electrons. The van der Waals surface area contributed by atoms with E-state index in [-0.39, 0.29) is 35.4 Å². The second-order valence-electron chi connectivity index (χ2n) is 9.72. The van der Waals surface area contributed by atoms with Crippen LogP contribution in [-0.4, -0.2) is 43.3 Å². The summed E-state index contributed by atoms with van der Waals surface area (Å²) in [6.07, 6.45) is 2.79. The van der Waals surface area contributed by atoms with Crippen LogP contribution in [0.4, 0.5) is 0 Å². The number of rotatable bonds is 5. The Hall–Kier alpha value is -2.32. The molecule has 1 saturated heterocycles. The maximum atomic E-state index is 13.4. The van der Waals surface area contributed by atoms with Crippen LogP contribution in [0.3, 0.4) is 0 Å². The number of carbonyl (C=O) groups excluding carboxylic acids is 2. The predicted octanol–water partition coefficient (Wildman–Crippen LogP) is 4.49. The quantitative estimate of drug-likeness (QED) is 0.553. The van der Waals surface area contributed by atoms with Gasteiger partial charge in [-0.25, -0.2) is 4.79 Å². The molecule has 7 nitrogen and oxygen atoms in total. The van der Waals surface area contributed by atoms with E-state index in [1.54, 1.807) is 12.1 Å². The number of Topliss-reactive ketones (excluding diaryl/α,β-unsaturated/α-hetero) is 1. The molecular weight excluding hydrogens is 490 g/mol. The fourth-order valence-electron chi connectivity index (χ4n) is 4.98. The summed E-state index contributed by atoms with van der Waals surface area (Å²) in [4.78, 5) is 26.8. The molecule has 2 heterocycles. The van der Waals surface area contributed by atoms with Gasteiger partial charge in [0.15, 0.2) is 17.3 Å². The van der Waals surface area contributed by atoms with Crippen LogP contribution in [0.25, 0.3) is 0 Å². The Morgan fingerprint density at radius 1 is 1.33 bits per heavy atom. The third-order valence-corrected chi connectivity index (χ3v) is 7.09. The molecule has 0 saturated carbocycles. The van der Waals surface area contributed by atoms with Crippen molar-refractivity contribution in [1.82, 2.24) is 5.32 Å². The van der Waals surface area contributed by atoms with Crippen molar-refractivity contribution in [1.29, 1.82) is 0 Å². The average molecular weight is 520 g/mol. The van der Waals surface area contributed by atoms with E-state index in [9.17, 15) is 14.7 Å². The molecule has 1 aromatic carbocycles. The molecule has 0 aromatic heterocycles. The monoisotopic (exact) mass is 519 g/mol. The van der Waals surface area contributed by atoms with Crippen LogP contribution in [0.2, 0.25) is 0 Å². The van der Waals surface area contributed by atoms with Gasteiger partial charge in [-0.1, -0.05) is 13.8 Å². The largest absolute Gasteiger partial charge is 0.503 e. The zero-order chi connectivity index (χ0) is 23.9. The molecule has 1 aromatic rings. The van der Waals surface area contributed by atoms with E-state index in [0.29, 0.717) is 46.3 Å². The summed E-state index contributed by atoms with van der Waals surface area (Å²) in [5.41, 5.74) is 2.94. The van der Waals surface area contributed by atoms with Crippen molar-refractivity contribution >= 4 is 27.7 Å². The molecule has 33 heavy (non-hydrogen) atoms. The fraction of sp³-hybridized carbons (Fsp3) is 0.520. The van der Waals surface area contributed by atoms with Crippen LogP contribution < -0.4 is 10.1 Å². The number of allylic oxidation sites excluding steroid dienone is 3. The highest BCUT2D eigenvalue weighted by Gasteiger charge is 2.43. The Morgan fingerprint density at radius 3 is 2.76 bits per heavy atom. The number of ether oxygens (including phenoxy) is 3. The number of carbonyl (C=O) groups is 2. The first-order valence-electron chi connectivity index (χ1n) is 11.2. The molecule has 1 fully saturated rings. The van der Waals surface area contributed by atoms with Gasteiger partial charge in [-0.15, -0.1) is 0 Å². The highest BCUT2D eigenvalue weighted by atomic mass is 79.9. The van der Waals surface area contributed by atoms with Gasteiger partial charge in [0.05, 0.1) is 23.3 Å². The first-order chi connectivity index (χ1) is 15.6. The van der Waals surface area contributed by atoms with Gasteiger partial charge in [0.1, 0.15) is 6.61 Å². The summed E-state index contributed by atoms with van der Waals surface area (Å²) < 4.78 is 17.0. The lowest BCUT2D eigenvalue weighted by atomic mass is 9.68. The normalized spacial score (nSPS) is 24.5. The Labute approximate surface area is 202 Å². The summed E-state index contributed by atoms with van der Waals surface area (Å²) in [5.74, 6) is -0.892. The number of phenolic OH excluding ortho intramolecular Hbond substituents is 1. The number of ketones is 1. The van der Waals surface area contributed by atoms with Gasteiger partial charge in [0.2, 0.25) is 0 Å². The minimum atomic E-state index is -0.632. The second-order valence-corrected chi connectivity index (χ2v) is 10.6. The van der Waals surface area contributed by atoms with E-state index < -0.39 is 11.9 Å². The van der Waals surface area contributed by atoms with E-state index in [1.807, 2.05) is 6.92 Å². The van der Waals surface area contributed by atoms with E-state index in [2.05, 4.69) is 35.1 Å². The first-order valence-corrected chi connectivity index (χ1v) is 12.0. The Kier molecular flexibility index (Phi) is 6.60. The molecule has 0 unspecified atom stereocenters. The van der Waals surface area contributed by atoms with Gasteiger partial charge in [-0.2, -0.15) is 0 Å². The molecule has 0 radical (unpaired) electrons. The Bertz CT molecular complexity index is 1050. The van der Waals surface area contributed by atoms with Gasteiger partial charge >= 0.3 is 5.97 Å². The second kappa shape index (κ2) is 9.14. The summed E-state index contributed by atoms with van der Waals surface area (Å²) in [5, 5.41) is 13.7. The highest BCUT2D eigenvalue weighted by Crippen LogP contribution is 2.49. The standard InChI is InChI=1S/C25H30BrNO6/c1-13-20(24(30)33-12-15-6-5-7-32-15)21(14-8-16(26)23(29)19(9-14)31-4)22-17(27-13)10-25(2,3)11-18(22)28/h8-9,15,21,27,29H,5-7,10-12H2,1-4H3/t15-,21-/m1/s1. The van der Waals surface area contributed by atoms with E-state index in [0.717, 1.165) is 18.5 Å². The van der Waals surface area contributed by atoms with E-state index in [4.69, 9.17) is 14.2 Å². The Balaban J connectivity index is 1.79. The maximum absolute atomic E-state index is 13.4. The zero-order valence-electron chi connectivity index (χ0n) is 19.4. The average Bonchev–Trinajstić information content (AvgIpc) is 3.25. The molecular formula is C25H30BrNO6. The lowest BCUT2D eigenvalue weighted by Gasteiger charge is -2.39. The van der Waals surface area contributed by atoms with E-state index >= 15 is 0 Å². The molecule has 2 aliphatic heterocycles. The number of hydrogen-bond acceptors (Lipinski definition) is 7. The molecule has 4 rings (SSSR count). The molecule has 0 amide bonds. The van der Waals surface area contributed by atoms with Crippen molar-refractivity contribution in [3.63, 3.8) is 0 Å². The number of aromatic hydroxyl groups is 1. The molecule has 0 spiro atoms. The lowest BCUT2D eigenvalue weighted by molar-refractivity contribution is -0.142. The van der Waals surface area contributed by atoms with Crippen molar-refractivity contribution in [2.24, 2.45) is 5.41 Å². The van der Waals surface area contributed by atoms with Gasteiger partial charge in [-0.05, 0) is 65.2 Å². The van der Waals surface area contributed by atoms with Gasteiger partial charge in [0.25, 0.3) is 0 Å². The molecule has 0 bridgehead atoms. The van der Waals surface area contributed by atoms with Gasteiger partial charge in [0, 0.05) is 35.9 Å². The number of nitrogens with one attached hydrogen (secondary N) is 1. The van der Waals surface area contributed by atoms with Crippen LogP contribution in [-0.2, 0) is 19.1 Å². The topological polar surface area (TPSA) is 94.1 Å². The number of methoxy groups -OCH3 is 1. The lowest BCUT2D eigenvalue weighted by Crippen LogP contribution is -2.39. The molecule has 3 aliphatic rings. The number of esters is 1. The van der Waals surface area contributed by atoms with Crippen molar-refractivity contribution in [2.75, 3.05) is 20.3 Å². The van der Waals surface area contributed by atoms with E-state index in [1.165, 1.54) is 7.11 Å². The smallest absolute Gasteiger partial charge is 0.336 e. The van der Waals surface area contributed by atoms with Crippen LogP contribution in [0, 0.1) is 5.41 Å². The van der Waals surface area contributed by atoms with Crippen LogP contribution >= 0.6 is 15.9 Å². The third-order valence-electron chi connectivity index (χ3n) is 6.49. The maximum Gasteiger partial charge on any atom is 0.336 e. The number of halogens is 1. The third kappa shape index (κ3) is 4.68. The fourth-order valence-corrected chi connectivity index (χ4v) is 5.44. The highest BCUT2D eigenvalue weighted by molar-refractivity contribution is 9.10. The molecule has 1 aliphatic carbocycles. The number of hydrogen-bond donors (Lipinski definition) is 2. The summed E-state index contributed by atoms with van der Waals surface area (Å²) in [6, 6.07) is 3.40.